The maximum absolute atomic E-state index is 13.2. The smallest absolute Gasteiger partial charge is 0.262 e. The number of carbonyl (C=O) groups excluding carboxylic acids is 1. The Bertz CT molecular complexity index is 1240. The second-order valence-electron chi connectivity index (χ2n) is 7.64. The van der Waals surface area contributed by atoms with Crippen LogP contribution in [0, 0.1) is 6.92 Å². The van der Waals surface area contributed by atoms with Crippen molar-refractivity contribution in [1.82, 2.24) is 4.90 Å². The molecule has 1 saturated heterocycles. The predicted molar refractivity (Wildman–Crippen MR) is 125 cm³/mol. The summed E-state index contributed by atoms with van der Waals surface area (Å²) in [7, 11) is -4.00. The van der Waals surface area contributed by atoms with Crippen LogP contribution in [-0.4, -0.2) is 32.3 Å². The van der Waals surface area contributed by atoms with E-state index in [1.165, 1.54) is 18.2 Å². The van der Waals surface area contributed by atoms with Crippen LogP contribution in [0.1, 0.15) is 28.8 Å². The van der Waals surface area contributed by atoms with Gasteiger partial charge in [0.2, 0.25) is 0 Å². The summed E-state index contributed by atoms with van der Waals surface area (Å²) in [5.41, 5.74) is 1.33. The molecule has 1 aliphatic rings. The fourth-order valence-corrected chi connectivity index (χ4v) is 4.84. The van der Waals surface area contributed by atoms with Gasteiger partial charge in [-0.2, -0.15) is 0 Å². The van der Waals surface area contributed by atoms with Crippen LogP contribution in [0.4, 0.5) is 5.69 Å². The highest BCUT2D eigenvalue weighted by Crippen LogP contribution is 2.34. The molecule has 6 nitrogen and oxygen atoms in total. The second-order valence-corrected chi connectivity index (χ2v) is 9.76. The van der Waals surface area contributed by atoms with E-state index >= 15 is 0 Å². The summed E-state index contributed by atoms with van der Waals surface area (Å²) < 4.78 is 34.8. The highest BCUT2D eigenvalue weighted by atomic mass is 35.5. The van der Waals surface area contributed by atoms with Crippen molar-refractivity contribution in [3.05, 3.63) is 82.9 Å². The molecule has 32 heavy (non-hydrogen) atoms. The van der Waals surface area contributed by atoms with Crippen LogP contribution in [0.15, 0.2) is 71.6 Å². The molecule has 0 bridgehead atoms. The number of hydrogen-bond donors (Lipinski definition) is 1. The standard InChI is InChI=1S/C24H23ClN2O4S/c1-17-9-11-20(16-21(17)24(28)27-13-5-6-14-27)32(29,30)26-22-15-18(25)10-12-23(22)31-19-7-3-2-4-8-19/h2-4,7-12,15-16,26H,5-6,13-14H2,1H3. The van der Waals surface area contributed by atoms with Crippen molar-refractivity contribution in [1.29, 1.82) is 0 Å². The molecule has 8 heteroatoms. The summed E-state index contributed by atoms with van der Waals surface area (Å²) in [6.45, 7) is 3.18. The summed E-state index contributed by atoms with van der Waals surface area (Å²) in [6, 6.07) is 18.3. The molecule has 0 unspecified atom stereocenters. The molecular weight excluding hydrogens is 448 g/mol. The Labute approximate surface area is 192 Å². The molecule has 1 N–H and O–H groups in total. The number of para-hydroxylation sites is 1. The summed E-state index contributed by atoms with van der Waals surface area (Å²) in [4.78, 5) is 14.6. The molecule has 166 valence electrons. The molecule has 3 aromatic rings. The van der Waals surface area contributed by atoms with Crippen molar-refractivity contribution < 1.29 is 17.9 Å². The molecule has 0 spiro atoms. The molecule has 1 heterocycles. The van der Waals surface area contributed by atoms with Crippen LogP contribution in [-0.2, 0) is 10.0 Å². The molecule has 0 saturated carbocycles. The highest BCUT2D eigenvalue weighted by molar-refractivity contribution is 7.92. The first-order valence-electron chi connectivity index (χ1n) is 10.3. The van der Waals surface area contributed by atoms with Gasteiger partial charge in [-0.3, -0.25) is 9.52 Å². The van der Waals surface area contributed by atoms with E-state index in [-0.39, 0.29) is 16.5 Å². The number of rotatable bonds is 6. The van der Waals surface area contributed by atoms with Gasteiger partial charge in [0, 0.05) is 23.7 Å². The lowest BCUT2D eigenvalue weighted by atomic mass is 10.1. The van der Waals surface area contributed by atoms with Gasteiger partial charge in [-0.05, 0) is 67.8 Å². The number of nitrogens with one attached hydrogen (secondary N) is 1. The lowest BCUT2D eigenvalue weighted by Crippen LogP contribution is -2.28. The largest absolute Gasteiger partial charge is 0.455 e. The molecule has 1 amide bonds. The third kappa shape index (κ3) is 4.89. The lowest BCUT2D eigenvalue weighted by molar-refractivity contribution is 0.0792. The number of halogens is 1. The van der Waals surface area contributed by atoms with E-state index in [9.17, 15) is 13.2 Å². The Morgan fingerprint density at radius 1 is 1.00 bits per heavy atom. The highest BCUT2D eigenvalue weighted by Gasteiger charge is 2.24. The normalized spacial score (nSPS) is 13.8. The number of likely N-dealkylation sites (tertiary alicyclic amines) is 1. The Kier molecular flexibility index (Phi) is 6.39. The average Bonchev–Trinajstić information content (AvgIpc) is 3.31. The van der Waals surface area contributed by atoms with Gasteiger partial charge < -0.3 is 9.64 Å². The van der Waals surface area contributed by atoms with Crippen LogP contribution in [0.2, 0.25) is 5.02 Å². The van der Waals surface area contributed by atoms with Gasteiger partial charge in [-0.1, -0.05) is 35.9 Å². The molecule has 3 aromatic carbocycles. The van der Waals surface area contributed by atoms with E-state index in [4.69, 9.17) is 16.3 Å². The van der Waals surface area contributed by atoms with E-state index in [1.807, 2.05) is 18.2 Å². The maximum Gasteiger partial charge on any atom is 0.262 e. The minimum absolute atomic E-state index is 0.00344. The fourth-order valence-electron chi connectivity index (χ4n) is 3.58. The Hall–Kier alpha value is -3.03. The van der Waals surface area contributed by atoms with Crippen molar-refractivity contribution in [3.63, 3.8) is 0 Å². The monoisotopic (exact) mass is 470 g/mol. The van der Waals surface area contributed by atoms with Crippen LogP contribution < -0.4 is 9.46 Å². The molecule has 0 atom stereocenters. The van der Waals surface area contributed by atoms with Crippen LogP contribution in [0.3, 0.4) is 0 Å². The van der Waals surface area contributed by atoms with Crippen molar-refractivity contribution in [2.75, 3.05) is 17.8 Å². The molecular formula is C24H23ClN2O4S. The van der Waals surface area contributed by atoms with Crippen LogP contribution >= 0.6 is 11.6 Å². The zero-order valence-corrected chi connectivity index (χ0v) is 19.1. The van der Waals surface area contributed by atoms with E-state index < -0.39 is 10.0 Å². The van der Waals surface area contributed by atoms with Gasteiger partial charge in [0.15, 0.2) is 5.75 Å². The van der Waals surface area contributed by atoms with Crippen molar-refractivity contribution in [2.45, 2.75) is 24.7 Å². The number of ether oxygens (including phenoxy) is 1. The Morgan fingerprint density at radius 2 is 1.72 bits per heavy atom. The molecule has 1 fully saturated rings. The minimum Gasteiger partial charge on any atom is -0.455 e. The molecule has 0 radical (unpaired) electrons. The fraction of sp³-hybridized carbons (Fsp3) is 0.208. The number of benzene rings is 3. The first-order chi connectivity index (χ1) is 15.3. The van der Waals surface area contributed by atoms with E-state index in [2.05, 4.69) is 4.72 Å². The molecule has 1 aliphatic heterocycles. The van der Waals surface area contributed by atoms with E-state index in [0.717, 1.165) is 18.4 Å². The van der Waals surface area contributed by atoms with Gasteiger partial charge in [-0.25, -0.2) is 8.42 Å². The van der Waals surface area contributed by atoms with Crippen LogP contribution in [0.25, 0.3) is 0 Å². The Morgan fingerprint density at radius 3 is 2.44 bits per heavy atom. The number of anilines is 1. The maximum atomic E-state index is 13.2. The van der Waals surface area contributed by atoms with E-state index in [0.29, 0.717) is 35.2 Å². The number of hydrogen-bond acceptors (Lipinski definition) is 4. The quantitative estimate of drug-likeness (QED) is 0.517. The van der Waals surface area contributed by atoms with Gasteiger partial charge in [0.1, 0.15) is 5.75 Å². The van der Waals surface area contributed by atoms with E-state index in [1.54, 1.807) is 42.2 Å². The Balaban J connectivity index is 1.64. The van der Waals surface area contributed by atoms with Crippen molar-refractivity contribution in [3.8, 4) is 11.5 Å². The third-order valence-electron chi connectivity index (χ3n) is 5.30. The first-order valence-corrected chi connectivity index (χ1v) is 12.1. The zero-order chi connectivity index (χ0) is 22.7. The minimum atomic E-state index is -4.00. The SMILES string of the molecule is Cc1ccc(S(=O)(=O)Nc2cc(Cl)ccc2Oc2ccccc2)cc1C(=O)N1CCCC1. The average molecular weight is 471 g/mol. The summed E-state index contributed by atoms with van der Waals surface area (Å²) in [5, 5.41) is 0.358. The summed E-state index contributed by atoms with van der Waals surface area (Å²) >= 11 is 6.11. The number of amides is 1. The summed E-state index contributed by atoms with van der Waals surface area (Å²) in [6.07, 6.45) is 1.92. The number of nitrogens with zero attached hydrogens (tertiary/aromatic N) is 1. The number of sulfonamides is 1. The second kappa shape index (κ2) is 9.22. The van der Waals surface area contributed by atoms with Gasteiger partial charge in [0.25, 0.3) is 15.9 Å². The molecule has 4 rings (SSSR count). The zero-order valence-electron chi connectivity index (χ0n) is 17.5. The van der Waals surface area contributed by atoms with Gasteiger partial charge in [0.05, 0.1) is 10.6 Å². The topological polar surface area (TPSA) is 75.7 Å². The number of aryl methyl sites for hydroxylation is 1. The lowest BCUT2D eigenvalue weighted by Gasteiger charge is -2.18. The number of carbonyl (C=O) groups is 1. The molecule has 0 aliphatic carbocycles. The third-order valence-corrected chi connectivity index (χ3v) is 6.90. The van der Waals surface area contributed by atoms with Gasteiger partial charge in [-0.15, -0.1) is 0 Å². The molecule has 0 aromatic heterocycles. The summed E-state index contributed by atoms with van der Waals surface area (Å²) in [5.74, 6) is 0.724. The first kappa shape index (κ1) is 22.2. The van der Waals surface area contributed by atoms with Crippen molar-refractivity contribution in [2.24, 2.45) is 0 Å². The van der Waals surface area contributed by atoms with Gasteiger partial charge >= 0.3 is 0 Å². The van der Waals surface area contributed by atoms with Crippen molar-refractivity contribution >= 4 is 33.2 Å². The van der Waals surface area contributed by atoms with Crippen LogP contribution in [0.5, 0.6) is 11.5 Å². The predicted octanol–water partition coefficient (Wildman–Crippen LogP) is 5.48.